The van der Waals surface area contributed by atoms with Gasteiger partial charge in [0.05, 0.1) is 5.52 Å². The van der Waals surface area contributed by atoms with E-state index in [9.17, 15) is 0 Å². The van der Waals surface area contributed by atoms with E-state index in [-0.39, 0.29) is 0 Å². The third kappa shape index (κ3) is 5.22. The first-order valence-electron chi connectivity index (χ1n) is 21.6. The molecule has 0 unspecified atom stereocenters. The molecular formula is C58H38GeN4. The fraction of sp³-hybridized carbons (Fsp3) is 0. The second-order valence-electron chi connectivity index (χ2n) is 16.5. The first-order valence-corrected chi connectivity index (χ1v) is 25.8. The van der Waals surface area contributed by atoms with E-state index in [1.807, 2.05) is 0 Å². The van der Waals surface area contributed by atoms with Crippen LogP contribution in [0.25, 0.3) is 88.8 Å². The van der Waals surface area contributed by atoms with E-state index in [1.54, 1.807) is 0 Å². The van der Waals surface area contributed by atoms with Crippen molar-refractivity contribution in [2.45, 2.75) is 0 Å². The van der Waals surface area contributed by atoms with Gasteiger partial charge in [-0.15, -0.1) is 0 Å². The van der Waals surface area contributed by atoms with E-state index in [4.69, 9.17) is 9.97 Å². The molecule has 4 heterocycles. The topological polar surface area (TPSA) is 35.6 Å². The molecule has 1 aliphatic heterocycles. The quantitative estimate of drug-likeness (QED) is 0.156. The van der Waals surface area contributed by atoms with Crippen LogP contribution in [-0.2, 0) is 0 Å². The number of para-hydroxylation sites is 3. The number of benzene rings is 9. The molecule has 0 N–H and O–H groups in total. The van der Waals surface area contributed by atoms with E-state index in [0.29, 0.717) is 0 Å². The molecule has 294 valence electrons. The van der Waals surface area contributed by atoms with Gasteiger partial charge >= 0.3 is 299 Å². The number of nitrogens with zero attached hydrogens (tertiary/aromatic N) is 4. The zero-order valence-electron chi connectivity index (χ0n) is 34.2. The van der Waals surface area contributed by atoms with Gasteiger partial charge in [-0.1, -0.05) is 36.4 Å². The minimum absolute atomic E-state index is 0.742. The van der Waals surface area contributed by atoms with Crippen LogP contribution in [-0.4, -0.2) is 32.4 Å². The normalized spacial score (nSPS) is 12.9. The number of hydrogen-bond acceptors (Lipinski definition) is 2. The molecule has 0 radical (unpaired) electrons. The van der Waals surface area contributed by atoms with Crippen molar-refractivity contribution in [3.05, 3.63) is 231 Å². The second-order valence-corrected chi connectivity index (χ2v) is 24.1. The Labute approximate surface area is 367 Å². The van der Waals surface area contributed by atoms with Gasteiger partial charge < -0.3 is 4.57 Å². The summed E-state index contributed by atoms with van der Waals surface area (Å²) in [5.74, 6) is 0.742. The van der Waals surface area contributed by atoms with Crippen molar-refractivity contribution in [3.63, 3.8) is 0 Å². The first-order chi connectivity index (χ1) is 31.3. The van der Waals surface area contributed by atoms with Crippen LogP contribution in [0.5, 0.6) is 0 Å². The zero-order valence-corrected chi connectivity index (χ0v) is 36.3. The molecule has 0 fully saturated rings. The molecule has 0 aliphatic carbocycles. The van der Waals surface area contributed by atoms with Crippen molar-refractivity contribution in [2.24, 2.45) is 0 Å². The van der Waals surface area contributed by atoms with E-state index in [0.717, 1.165) is 39.6 Å². The van der Waals surface area contributed by atoms with Gasteiger partial charge in [-0.25, -0.2) is 0 Å². The van der Waals surface area contributed by atoms with Crippen LogP contribution in [0.4, 0.5) is 0 Å². The number of aromatic nitrogens is 4. The summed E-state index contributed by atoms with van der Waals surface area (Å²) in [5, 5.41) is 5.01. The van der Waals surface area contributed by atoms with Crippen LogP contribution >= 0.6 is 0 Å². The predicted molar refractivity (Wildman–Crippen MR) is 264 cm³/mol. The van der Waals surface area contributed by atoms with Crippen molar-refractivity contribution in [1.29, 1.82) is 0 Å². The number of hydrogen-bond donors (Lipinski definition) is 0. The SMILES string of the molecule is c1ccc(-c2nc(-c3ccc(-n4c5ccccc5c5c6c7ccccc7n(-c7ccccc7)c6ccc54)cc3)n[c]3c2-c2cccc[c]2[Ge]3([c]2ccccc2)[c]2ccccc2)cc1. The zero-order chi connectivity index (χ0) is 41.5. The van der Waals surface area contributed by atoms with Crippen molar-refractivity contribution >= 4 is 74.6 Å². The summed E-state index contributed by atoms with van der Waals surface area (Å²) in [6, 6.07) is 83.9. The minimum atomic E-state index is -3.67. The van der Waals surface area contributed by atoms with Gasteiger partial charge in [-0.05, 0) is 18.2 Å². The van der Waals surface area contributed by atoms with Crippen LogP contribution < -0.4 is 17.7 Å². The molecular weight excluding hydrogens is 825 g/mol. The Balaban J connectivity index is 1.04. The maximum atomic E-state index is 5.78. The van der Waals surface area contributed by atoms with Crippen molar-refractivity contribution < 1.29 is 0 Å². The van der Waals surface area contributed by atoms with Crippen LogP contribution in [0, 0.1) is 0 Å². The Morgan fingerprint density at radius 2 is 0.825 bits per heavy atom. The van der Waals surface area contributed by atoms with Gasteiger partial charge in [0.15, 0.2) is 0 Å². The Hall–Kier alpha value is -7.80. The Bertz CT molecular complexity index is 3670. The van der Waals surface area contributed by atoms with Gasteiger partial charge in [-0.2, -0.15) is 0 Å². The Morgan fingerprint density at radius 1 is 0.349 bits per heavy atom. The molecule has 9 aromatic carbocycles. The van der Waals surface area contributed by atoms with Gasteiger partial charge in [0, 0.05) is 5.69 Å². The van der Waals surface area contributed by atoms with Crippen molar-refractivity contribution in [3.8, 4) is 45.1 Å². The monoisotopic (exact) mass is 864 g/mol. The molecule has 3 aromatic heterocycles. The average molecular weight is 864 g/mol. The molecule has 5 heteroatoms. The molecule has 0 saturated heterocycles. The molecule has 0 spiro atoms. The summed E-state index contributed by atoms with van der Waals surface area (Å²) < 4.78 is 10.1. The summed E-state index contributed by atoms with van der Waals surface area (Å²) in [6.45, 7) is 0. The van der Waals surface area contributed by atoms with Crippen LogP contribution in [0.1, 0.15) is 0 Å². The molecule has 13 rings (SSSR count). The first kappa shape index (κ1) is 35.9. The summed E-state index contributed by atoms with van der Waals surface area (Å²) in [4.78, 5) is 11.3. The van der Waals surface area contributed by atoms with E-state index < -0.39 is 13.3 Å². The molecule has 12 aromatic rings. The van der Waals surface area contributed by atoms with E-state index in [2.05, 4.69) is 240 Å². The standard InChI is InChI=1S/C58H38GeN4/c1-5-19-39(20-6-1)56-55-45-27-13-16-30-48(45)59(41-21-7-2-8-22-41,42-23-9-3-10-24-42)57(55)61-58(60-56)40-33-35-44(36-34-40)63-50-32-18-15-29-47(50)54-52(63)38-37-51-53(54)46-28-14-17-31-49(46)62(51)43-25-11-4-12-26-43/h1-38H. The summed E-state index contributed by atoms with van der Waals surface area (Å²) in [5.41, 5.74) is 12.5. The van der Waals surface area contributed by atoms with Gasteiger partial charge in [0.25, 0.3) is 0 Å². The van der Waals surface area contributed by atoms with Crippen LogP contribution in [0.15, 0.2) is 231 Å². The summed E-state index contributed by atoms with van der Waals surface area (Å²) >= 11 is -3.67. The summed E-state index contributed by atoms with van der Waals surface area (Å²) in [7, 11) is 0. The third-order valence-corrected chi connectivity index (χ3v) is 23.1. The van der Waals surface area contributed by atoms with Crippen molar-refractivity contribution in [1.82, 2.24) is 19.1 Å². The number of fused-ring (bicyclic) bond motifs is 10. The van der Waals surface area contributed by atoms with Crippen LogP contribution in [0.2, 0.25) is 0 Å². The third-order valence-electron chi connectivity index (χ3n) is 13.2. The average Bonchev–Trinajstić information content (AvgIpc) is 3.99. The number of rotatable bonds is 6. The van der Waals surface area contributed by atoms with Crippen LogP contribution in [0.3, 0.4) is 0 Å². The van der Waals surface area contributed by atoms with Crippen molar-refractivity contribution in [2.75, 3.05) is 0 Å². The van der Waals surface area contributed by atoms with Gasteiger partial charge in [-0.3, -0.25) is 0 Å². The predicted octanol–water partition coefficient (Wildman–Crippen LogP) is 11.4. The fourth-order valence-corrected chi connectivity index (χ4v) is 21.1. The van der Waals surface area contributed by atoms with Gasteiger partial charge in [0.2, 0.25) is 0 Å². The molecule has 0 bridgehead atoms. The molecule has 0 saturated carbocycles. The second kappa shape index (κ2) is 14.1. The molecule has 1 aliphatic rings. The summed E-state index contributed by atoms with van der Waals surface area (Å²) in [6.07, 6.45) is 0. The fourth-order valence-electron chi connectivity index (χ4n) is 10.6. The Morgan fingerprint density at radius 3 is 1.41 bits per heavy atom. The van der Waals surface area contributed by atoms with E-state index >= 15 is 0 Å². The van der Waals surface area contributed by atoms with Gasteiger partial charge in [0.1, 0.15) is 0 Å². The molecule has 4 nitrogen and oxygen atoms in total. The molecule has 0 amide bonds. The molecule has 0 atom stereocenters. The molecule has 63 heavy (non-hydrogen) atoms. The van der Waals surface area contributed by atoms with E-state index in [1.165, 1.54) is 66.9 Å². The maximum absolute atomic E-state index is 5.78. The Kier molecular flexibility index (Phi) is 8.05.